The van der Waals surface area contributed by atoms with Gasteiger partial charge >= 0.3 is 17.2 Å². The van der Waals surface area contributed by atoms with Gasteiger partial charge in [-0.05, 0) is 12.1 Å². The Labute approximate surface area is 180 Å². The monoisotopic (exact) mass is 446 g/mol. The molecule has 32 heavy (non-hydrogen) atoms. The minimum Gasteiger partial charge on any atom is -0.493 e. The lowest BCUT2D eigenvalue weighted by Crippen LogP contribution is -2.24. The summed E-state index contributed by atoms with van der Waals surface area (Å²) in [6.45, 7) is -0.318. The van der Waals surface area contributed by atoms with Crippen LogP contribution >= 0.6 is 0 Å². The van der Waals surface area contributed by atoms with E-state index in [4.69, 9.17) is 18.6 Å². The summed E-state index contributed by atoms with van der Waals surface area (Å²) < 4.78 is 27.0. The number of carbonyl (C=O) groups excluding carboxylic acids is 1. The number of ether oxygens (including phenoxy) is 4. The molecule has 0 bridgehead atoms. The summed E-state index contributed by atoms with van der Waals surface area (Å²) in [6, 6.07) is 4.03. The third-order valence-electron chi connectivity index (χ3n) is 4.37. The van der Waals surface area contributed by atoms with Crippen LogP contribution in [0.5, 0.6) is 17.2 Å². The van der Waals surface area contributed by atoms with Crippen LogP contribution in [0.2, 0.25) is 0 Å². The average molecular weight is 446 g/mol. The lowest BCUT2D eigenvalue weighted by atomic mass is 10.2. The van der Waals surface area contributed by atoms with E-state index in [0.717, 1.165) is 23.9 Å². The van der Waals surface area contributed by atoms with Crippen molar-refractivity contribution in [2.75, 3.05) is 28.4 Å². The fourth-order valence-corrected chi connectivity index (χ4v) is 2.88. The SMILES string of the molecule is COC(=O)c1cc([N+](=O)[O-])c(=O)n(Cc2nnc(-c3cc(OC)c(OC)c(OC)c3)o2)c1. The van der Waals surface area contributed by atoms with Gasteiger partial charge in [0, 0.05) is 17.8 Å². The van der Waals surface area contributed by atoms with Gasteiger partial charge in [-0.15, -0.1) is 10.2 Å². The Morgan fingerprint density at radius 2 is 1.75 bits per heavy atom. The first-order valence-corrected chi connectivity index (χ1v) is 8.92. The van der Waals surface area contributed by atoms with Gasteiger partial charge in [-0.25, -0.2) is 4.79 Å². The van der Waals surface area contributed by atoms with Crippen LogP contribution in [0.3, 0.4) is 0 Å². The normalized spacial score (nSPS) is 10.5. The molecule has 0 saturated carbocycles. The summed E-state index contributed by atoms with van der Waals surface area (Å²) in [4.78, 5) is 34.6. The number of carbonyl (C=O) groups is 1. The van der Waals surface area contributed by atoms with Crippen molar-refractivity contribution in [1.82, 2.24) is 14.8 Å². The van der Waals surface area contributed by atoms with Crippen LogP contribution < -0.4 is 19.8 Å². The van der Waals surface area contributed by atoms with E-state index in [-0.39, 0.29) is 23.9 Å². The quantitative estimate of drug-likeness (QED) is 0.281. The molecule has 0 fully saturated rings. The zero-order valence-corrected chi connectivity index (χ0v) is 17.5. The van der Waals surface area contributed by atoms with Crippen LogP contribution in [0.25, 0.3) is 11.5 Å². The van der Waals surface area contributed by atoms with E-state index in [1.807, 2.05) is 0 Å². The number of hydrogen-bond acceptors (Lipinski definition) is 11. The first-order valence-electron chi connectivity index (χ1n) is 8.92. The molecular formula is C19H18N4O9. The van der Waals surface area contributed by atoms with Gasteiger partial charge in [-0.1, -0.05) is 0 Å². The molecule has 0 saturated heterocycles. The van der Waals surface area contributed by atoms with Gasteiger partial charge in [-0.2, -0.15) is 0 Å². The molecule has 2 heterocycles. The zero-order chi connectivity index (χ0) is 23.4. The van der Waals surface area contributed by atoms with Crippen molar-refractivity contribution in [3.63, 3.8) is 0 Å². The molecule has 13 nitrogen and oxygen atoms in total. The highest BCUT2D eigenvalue weighted by atomic mass is 16.6. The van der Waals surface area contributed by atoms with E-state index in [2.05, 4.69) is 14.9 Å². The van der Waals surface area contributed by atoms with Crippen LogP contribution in [0.1, 0.15) is 16.2 Å². The summed E-state index contributed by atoms with van der Waals surface area (Å²) in [6.07, 6.45) is 1.12. The molecule has 0 amide bonds. The van der Waals surface area contributed by atoms with Gasteiger partial charge in [0.15, 0.2) is 11.5 Å². The second-order valence-electron chi connectivity index (χ2n) is 6.21. The molecule has 168 valence electrons. The van der Waals surface area contributed by atoms with Crippen molar-refractivity contribution >= 4 is 11.7 Å². The van der Waals surface area contributed by atoms with E-state index in [1.54, 1.807) is 12.1 Å². The van der Waals surface area contributed by atoms with Gasteiger partial charge < -0.3 is 23.4 Å². The summed E-state index contributed by atoms with van der Waals surface area (Å²) >= 11 is 0. The molecule has 13 heteroatoms. The van der Waals surface area contributed by atoms with Crippen LogP contribution in [-0.2, 0) is 11.3 Å². The smallest absolute Gasteiger partial charge is 0.339 e. The number of aromatic nitrogens is 3. The Kier molecular flexibility index (Phi) is 6.37. The minimum absolute atomic E-state index is 0.0350. The second kappa shape index (κ2) is 9.16. The zero-order valence-electron chi connectivity index (χ0n) is 17.5. The Bertz CT molecular complexity index is 1210. The number of benzene rings is 1. The van der Waals surface area contributed by atoms with E-state index in [1.165, 1.54) is 21.3 Å². The van der Waals surface area contributed by atoms with Gasteiger partial charge in [0.1, 0.15) is 6.54 Å². The summed E-state index contributed by atoms with van der Waals surface area (Å²) in [5, 5.41) is 19.0. The topological polar surface area (TPSA) is 158 Å². The fourth-order valence-electron chi connectivity index (χ4n) is 2.88. The molecule has 1 aromatic carbocycles. The number of pyridine rings is 1. The van der Waals surface area contributed by atoms with Gasteiger partial charge in [0.25, 0.3) is 0 Å². The van der Waals surface area contributed by atoms with Crippen molar-refractivity contribution in [1.29, 1.82) is 0 Å². The number of esters is 1. The molecule has 0 unspecified atom stereocenters. The van der Waals surface area contributed by atoms with Crippen LogP contribution in [0.15, 0.2) is 33.6 Å². The van der Waals surface area contributed by atoms with Gasteiger partial charge in [0.05, 0.1) is 38.9 Å². The van der Waals surface area contributed by atoms with E-state index < -0.39 is 22.1 Å². The Morgan fingerprint density at radius 1 is 1.09 bits per heavy atom. The number of methoxy groups -OCH3 is 4. The fraction of sp³-hybridized carbons (Fsp3) is 0.263. The van der Waals surface area contributed by atoms with E-state index in [9.17, 15) is 19.7 Å². The third-order valence-corrected chi connectivity index (χ3v) is 4.37. The molecule has 0 aliphatic heterocycles. The van der Waals surface area contributed by atoms with Crippen LogP contribution in [0, 0.1) is 10.1 Å². The number of nitro groups is 1. The summed E-state index contributed by atoms with van der Waals surface area (Å²) in [5.74, 6) is 0.291. The van der Waals surface area contributed by atoms with Crippen LogP contribution in [0.4, 0.5) is 5.69 Å². The lowest BCUT2D eigenvalue weighted by molar-refractivity contribution is -0.386. The Morgan fingerprint density at radius 3 is 2.28 bits per heavy atom. The van der Waals surface area contributed by atoms with Gasteiger partial charge in [-0.3, -0.25) is 19.5 Å². The van der Waals surface area contributed by atoms with Crippen molar-refractivity contribution in [2.45, 2.75) is 6.54 Å². The maximum atomic E-state index is 12.4. The maximum absolute atomic E-state index is 12.4. The first kappa shape index (κ1) is 22.3. The first-order chi connectivity index (χ1) is 15.3. The molecule has 0 radical (unpaired) electrons. The highest BCUT2D eigenvalue weighted by Gasteiger charge is 2.22. The maximum Gasteiger partial charge on any atom is 0.339 e. The predicted molar refractivity (Wildman–Crippen MR) is 107 cm³/mol. The Balaban J connectivity index is 2.00. The number of hydrogen-bond donors (Lipinski definition) is 0. The van der Waals surface area contributed by atoms with Crippen molar-refractivity contribution in [2.24, 2.45) is 0 Å². The minimum atomic E-state index is -0.949. The lowest BCUT2D eigenvalue weighted by Gasteiger charge is -2.12. The summed E-state index contributed by atoms with van der Waals surface area (Å²) in [5.41, 5.74) is -1.48. The van der Waals surface area contributed by atoms with E-state index >= 15 is 0 Å². The van der Waals surface area contributed by atoms with Crippen molar-refractivity contribution in [3.8, 4) is 28.7 Å². The molecule has 0 N–H and O–H groups in total. The molecule has 0 atom stereocenters. The van der Waals surface area contributed by atoms with E-state index in [0.29, 0.717) is 22.8 Å². The standard InChI is InChI=1S/C19H18N4O9/c1-28-13-6-10(7-14(29-2)16(13)30-3)17-21-20-15(32-17)9-22-8-11(19(25)31-4)5-12(18(22)24)23(26)27/h5-8H,9H2,1-4H3. The summed E-state index contributed by atoms with van der Waals surface area (Å²) in [7, 11) is 5.48. The highest BCUT2D eigenvalue weighted by molar-refractivity contribution is 5.89. The van der Waals surface area contributed by atoms with Crippen LogP contribution in [-0.4, -0.2) is 54.1 Å². The molecule has 0 spiro atoms. The molecule has 0 aliphatic rings. The third kappa shape index (κ3) is 4.21. The highest BCUT2D eigenvalue weighted by Crippen LogP contribution is 2.40. The number of rotatable bonds is 8. The molecule has 3 aromatic rings. The van der Waals surface area contributed by atoms with Gasteiger partial charge in [0.2, 0.25) is 17.5 Å². The molecule has 2 aromatic heterocycles. The number of nitrogens with zero attached hydrogens (tertiary/aromatic N) is 4. The molecular weight excluding hydrogens is 428 g/mol. The largest absolute Gasteiger partial charge is 0.493 e. The predicted octanol–water partition coefficient (Wildman–Crippen LogP) is 1.67. The average Bonchev–Trinajstić information content (AvgIpc) is 3.27. The molecule has 0 aliphatic carbocycles. The molecule has 3 rings (SSSR count). The van der Waals surface area contributed by atoms with Crippen molar-refractivity contribution < 1.29 is 33.1 Å². The van der Waals surface area contributed by atoms with Crippen molar-refractivity contribution in [3.05, 3.63) is 56.3 Å². The Hall–Kier alpha value is -4.42. The second-order valence-corrected chi connectivity index (χ2v) is 6.21.